The summed E-state index contributed by atoms with van der Waals surface area (Å²) in [7, 11) is 0. The Morgan fingerprint density at radius 3 is 2.35 bits per heavy atom. The fraction of sp³-hybridized carbons (Fsp3) is 0.857. The van der Waals surface area contributed by atoms with Gasteiger partial charge in [-0.15, -0.1) is 0 Å². The van der Waals surface area contributed by atoms with Crippen LogP contribution < -0.4 is 0 Å². The van der Waals surface area contributed by atoms with Crippen LogP contribution in [-0.2, 0) is 14.2 Å². The van der Waals surface area contributed by atoms with Gasteiger partial charge in [0.1, 0.15) is 6.61 Å². The molecule has 0 amide bonds. The standard InChI is InChI=1S/C7H6F6O4/c8-4(6(9,10)11)7(12,13)16-2-3-1-15-5(14)17-3/h3-4H,1-2H2. The van der Waals surface area contributed by atoms with E-state index in [-0.39, 0.29) is 0 Å². The van der Waals surface area contributed by atoms with E-state index in [1.54, 1.807) is 0 Å². The van der Waals surface area contributed by atoms with Crippen LogP contribution in [0.25, 0.3) is 0 Å². The fourth-order valence-electron chi connectivity index (χ4n) is 0.915. The van der Waals surface area contributed by atoms with E-state index in [2.05, 4.69) is 14.2 Å². The average molecular weight is 268 g/mol. The summed E-state index contributed by atoms with van der Waals surface area (Å²) in [4.78, 5) is 10.3. The zero-order valence-corrected chi connectivity index (χ0v) is 7.97. The molecular weight excluding hydrogens is 262 g/mol. The molecule has 2 atom stereocenters. The molecule has 0 saturated carbocycles. The summed E-state index contributed by atoms with van der Waals surface area (Å²) in [5.74, 6) is 0. The monoisotopic (exact) mass is 268 g/mol. The number of alkyl halides is 6. The number of hydrogen-bond acceptors (Lipinski definition) is 4. The van der Waals surface area contributed by atoms with Crippen molar-refractivity contribution in [1.82, 2.24) is 0 Å². The number of carbonyl (C=O) groups excluding carboxylic acids is 1. The number of halogens is 6. The van der Waals surface area contributed by atoms with E-state index in [9.17, 15) is 31.1 Å². The van der Waals surface area contributed by atoms with Crippen LogP contribution in [-0.4, -0.2) is 43.9 Å². The summed E-state index contributed by atoms with van der Waals surface area (Å²) in [5, 5.41) is 0. The van der Waals surface area contributed by atoms with E-state index >= 15 is 0 Å². The maximum absolute atomic E-state index is 12.6. The summed E-state index contributed by atoms with van der Waals surface area (Å²) in [6.45, 7) is -1.55. The highest BCUT2D eigenvalue weighted by Gasteiger charge is 2.58. The Morgan fingerprint density at radius 2 is 1.94 bits per heavy atom. The molecular formula is C7H6F6O4. The zero-order chi connectivity index (χ0) is 13.3. The summed E-state index contributed by atoms with van der Waals surface area (Å²) in [5.41, 5.74) is 0. The zero-order valence-electron chi connectivity index (χ0n) is 7.97. The van der Waals surface area contributed by atoms with Crippen LogP contribution in [0.1, 0.15) is 0 Å². The topological polar surface area (TPSA) is 44.8 Å². The molecule has 0 spiro atoms. The minimum Gasteiger partial charge on any atom is -0.430 e. The van der Waals surface area contributed by atoms with Gasteiger partial charge >= 0.3 is 18.4 Å². The van der Waals surface area contributed by atoms with Gasteiger partial charge in [-0.2, -0.15) is 22.0 Å². The summed E-state index contributed by atoms with van der Waals surface area (Å²) >= 11 is 0. The third-order valence-corrected chi connectivity index (χ3v) is 1.69. The van der Waals surface area contributed by atoms with Crippen LogP contribution in [0.15, 0.2) is 0 Å². The molecule has 0 bridgehead atoms. The molecule has 17 heavy (non-hydrogen) atoms. The van der Waals surface area contributed by atoms with E-state index in [0.717, 1.165) is 0 Å². The van der Waals surface area contributed by atoms with E-state index in [1.165, 1.54) is 0 Å². The maximum atomic E-state index is 12.6. The lowest BCUT2D eigenvalue weighted by Crippen LogP contribution is -2.44. The largest absolute Gasteiger partial charge is 0.508 e. The molecule has 1 fully saturated rings. The molecule has 0 aromatic heterocycles. The van der Waals surface area contributed by atoms with Gasteiger partial charge in [0.05, 0.1) is 6.61 Å². The van der Waals surface area contributed by atoms with Crippen LogP contribution in [0, 0.1) is 0 Å². The van der Waals surface area contributed by atoms with E-state index < -0.39 is 43.9 Å². The predicted molar refractivity (Wildman–Crippen MR) is 38.1 cm³/mol. The van der Waals surface area contributed by atoms with Gasteiger partial charge in [-0.25, -0.2) is 9.18 Å². The Bertz CT molecular complexity index is 291. The van der Waals surface area contributed by atoms with Crippen molar-refractivity contribution < 1.29 is 45.3 Å². The van der Waals surface area contributed by atoms with Gasteiger partial charge in [0.25, 0.3) is 6.17 Å². The van der Waals surface area contributed by atoms with Crippen LogP contribution >= 0.6 is 0 Å². The maximum Gasteiger partial charge on any atom is 0.508 e. The van der Waals surface area contributed by atoms with Gasteiger partial charge in [-0.1, -0.05) is 0 Å². The van der Waals surface area contributed by atoms with Crippen LogP contribution in [0.4, 0.5) is 31.1 Å². The van der Waals surface area contributed by atoms with Crippen molar-refractivity contribution in [3.63, 3.8) is 0 Å². The molecule has 0 radical (unpaired) electrons. The minimum absolute atomic E-state index is 0.447. The molecule has 1 saturated heterocycles. The highest BCUT2D eigenvalue weighted by molar-refractivity contribution is 5.61. The summed E-state index contributed by atoms with van der Waals surface area (Å²) < 4.78 is 84.2. The first-order chi connectivity index (χ1) is 7.63. The highest BCUT2D eigenvalue weighted by Crippen LogP contribution is 2.35. The van der Waals surface area contributed by atoms with E-state index in [1.807, 2.05) is 0 Å². The van der Waals surface area contributed by atoms with Crippen molar-refractivity contribution in [2.45, 2.75) is 24.6 Å². The smallest absolute Gasteiger partial charge is 0.430 e. The van der Waals surface area contributed by atoms with Crippen molar-refractivity contribution >= 4 is 6.16 Å². The lowest BCUT2D eigenvalue weighted by molar-refractivity contribution is -0.338. The third kappa shape index (κ3) is 3.65. The first-order valence-corrected chi connectivity index (χ1v) is 4.19. The van der Waals surface area contributed by atoms with Crippen LogP contribution in [0.3, 0.4) is 0 Å². The van der Waals surface area contributed by atoms with Gasteiger partial charge < -0.3 is 14.2 Å². The summed E-state index contributed by atoms with van der Waals surface area (Å²) in [6, 6.07) is 0. The van der Waals surface area contributed by atoms with Gasteiger partial charge in [0.2, 0.25) is 0 Å². The number of ether oxygens (including phenoxy) is 3. The molecule has 4 nitrogen and oxygen atoms in total. The van der Waals surface area contributed by atoms with E-state index in [4.69, 9.17) is 0 Å². The molecule has 0 aliphatic carbocycles. The number of rotatable bonds is 4. The summed E-state index contributed by atoms with van der Waals surface area (Å²) in [6.07, 6.45) is -17.7. The molecule has 0 N–H and O–H groups in total. The first-order valence-electron chi connectivity index (χ1n) is 4.19. The number of hydrogen-bond donors (Lipinski definition) is 0. The molecule has 100 valence electrons. The number of carbonyl (C=O) groups is 1. The second-order valence-corrected chi connectivity index (χ2v) is 3.08. The van der Waals surface area contributed by atoms with Crippen molar-refractivity contribution in [2.75, 3.05) is 13.2 Å². The molecule has 10 heteroatoms. The third-order valence-electron chi connectivity index (χ3n) is 1.69. The van der Waals surface area contributed by atoms with Crippen molar-refractivity contribution in [1.29, 1.82) is 0 Å². The average Bonchev–Trinajstić information content (AvgIpc) is 2.59. The molecule has 1 aliphatic heterocycles. The second kappa shape index (κ2) is 4.59. The predicted octanol–water partition coefficient (Wildman–Crippen LogP) is 2.03. The van der Waals surface area contributed by atoms with Crippen LogP contribution in [0.2, 0.25) is 0 Å². The first kappa shape index (κ1) is 13.9. The van der Waals surface area contributed by atoms with Gasteiger partial charge in [-0.3, -0.25) is 0 Å². The Labute approximate surface area is 90.4 Å². The van der Waals surface area contributed by atoms with Gasteiger partial charge in [0.15, 0.2) is 6.10 Å². The fourth-order valence-corrected chi connectivity index (χ4v) is 0.915. The highest BCUT2D eigenvalue weighted by atomic mass is 19.4. The quantitative estimate of drug-likeness (QED) is 0.578. The molecule has 1 rings (SSSR count). The van der Waals surface area contributed by atoms with Crippen molar-refractivity contribution in [3.8, 4) is 0 Å². The SMILES string of the molecule is O=C1OCC(COC(F)(F)C(F)C(F)(F)F)O1. The lowest BCUT2D eigenvalue weighted by atomic mass is 10.3. The second-order valence-electron chi connectivity index (χ2n) is 3.08. The van der Waals surface area contributed by atoms with Crippen LogP contribution in [0.5, 0.6) is 0 Å². The van der Waals surface area contributed by atoms with Gasteiger partial charge in [0, 0.05) is 0 Å². The Morgan fingerprint density at radius 1 is 1.35 bits per heavy atom. The molecule has 0 aromatic carbocycles. The lowest BCUT2D eigenvalue weighted by Gasteiger charge is -2.23. The Hall–Kier alpha value is -1.19. The van der Waals surface area contributed by atoms with Crippen molar-refractivity contribution in [2.24, 2.45) is 0 Å². The molecule has 2 unspecified atom stereocenters. The normalized spacial score (nSPS) is 23.2. The molecule has 1 aliphatic rings. The molecule has 0 aromatic rings. The van der Waals surface area contributed by atoms with E-state index in [0.29, 0.717) is 0 Å². The minimum atomic E-state index is -5.74. The molecule has 1 heterocycles. The Kier molecular flexibility index (Phi) is 3.74. The van der Waals surface area contributed by atoms with Gasteiger partial charge in [-0.05, 0) is 0 Å². The number of cyclic esters (lactones) is 2. The Balaban J connectivity index is 2.46. The van der Waals surface area contributed by atoms with Crippen molar-refractivity contribution in [3.05, 3.63) is 0 Å².